The number of phenols is 1. The Kier molecular flexibility index (Phi) is 9.87. The van der Waals surface area contributed by atoms with Crippen molar-refractivity contribution in [1.82, 2.24) is 0 Å². The number of carbonyl (C=O) groups excluding carboxylic acids is 1. The molecule has 4 nitrogen and oxygen atoms in total. The Hall–Kier alpha value is -1.55. The lowest BCUT2D eigenvalue weighted by atomic mass is 9.75. The van der Waals surface area contributed by atoms with Crippen LogP contribution in [0.2, 0.25) is 0 Å². The lowest BCUT2D eigenvalue weighted by Gasteiger charge is -2.36. The Morgan fingerprint density at radius 3 is 2.00 bits per heavy atom. The highest BCUT2D eigenvalue weighted by Gasteiger charge is 2.34. The van der Waals surface area contributed by atoms with Crippen LogP contribution in [0.25, 0.3) is 0 Å². The lowest BCUT2D eigenvalue weighted by molar-refractivity contribution is -0.0176. The normalized spacial score (nSPS) is 31.1. The highest BCUT2D eigenvalue weighted by Crippen LogP contribution is 2.36. The van der Waals surface area contributed by atoms with E-state index in [4.69, 9.17) is 4.74 Å². The minimum atomic E-state index is -0.409. The number of esters is 1. The van der Waals surface area contributed by atoms with Crippen molar-refractivity contribution in [2.24, 2.45) is 35.5 Å². The molecule has 0 heterocycles. The Labute approximate surface area is 189 Å². The maximum Gasteiger partial charge on any atom is 0.342 e. The summed E-state index contributed by atoms with van der Waals surface area (Å²) in [7, 11) is 0. The molecule has 2 saturated carbocycles. The molecule has 6 unspecified atom stereocenters. The van der Waals surface area contributed by atoms with E-state index in [9.17, 15) is 15.0 Å². The van der Waals surface area contributed by atoms with Crippen molar-refractivity contribution in [3.8, 4) is 5.75 Å². The van der Waals surface area contributed by atoms with Crippen LogP contribution < -0.4 is 0 Å². The summed E-state index contributed by atoms with van der Waals surface area (Å²) in [5.74, 6) is 3.04. The van der Waals surface area contributed by atoms with Crippen molar-refractivity contribution in [2.45, 2.75) is 92.3 Å². The van der Waals surface area contributed by atoms with E-state index < -0.39 is 5.97 Å². The summed E-state index contributed by atoms with van der Waals surface area (Å²) in [6.07, 6.45) is 6.71. The third-order valence-electron chi connectivity index (χ3n) is 7.33. The van der Waals surface area contributed by atoms with E-state index in [0.717, 1.165) is 25.2 Å². The van der Waals surface area contributed by atoms with Crippen LogP contribution in [0.1, 0.15) is 90.4 Å². The molecular weight excluding hydrogens is 388 g/mol. The molecule has 2 N–H and O–H groups in total. The average molecular weight is 433 g/mol. The Balaban J connectivity index is 0.000000262. The largest absolute Gasteiger partial charge is 0.507 e. The molecule has 4 heteroatoms. The molecule has 0 saturated heterocycles. The first-order chi connectivity index (χ1) is 14.6. The predicted molar refractivity (Wildman–Crippen MR) is 126 cm³/mol. The summed E-state index contributed by atoms with van der Waals surface area (Å²) in [4.78, 5) is 12.2. The summed E-state index contributed by atoms with van der Waals surface area (Å²) < 4.78 is 5.70. The van der Waals surface area contributed by atoms with Gasteiger partial charge in [0.1, 0.15) is 17.4 Å². The fourth-order valence-corrected chi connectivity index (χ4v) is 5.25. The first kappa shape index (κ1) is 25.7. The van der Waals surface area contributed by atoms with Crippen LogP contribution in [0, 0.1) is 35.5 Å². The zero-order valence-electron chi connectivity index (χ0n) is 20.4. The molecule has 3 rings (SSSR count). The minimum Gasteiger partial charge on any atom is -0.507 e. The molecule has 2 aliphatic carbocycles. The number of aromatic hydroxyl groups is 1. The van der Waals surface area contributed by atoms with Crippen LogP contribution in [0.15, 0.2) is 24.3 Å². The number of benzene rings is 1. The van der Waals surface area contributed by atoms with E-state index in [1.165, 1.54) is 25.3 Å². The third kappa shape index (κ3) is 7.52. The van der Waals surface area contributed by atoms with E-state index >= 15 is 0 Å². The van der Waals surface area contributed by atoms with Crippen molar-refractivity contribution in [1.29, 1.82) is 0 Å². The van der Waals surface area contributed by atoms with Crippen molar-refractivity contribution >= 4 is 5.97 Å². The first-order valence-electron chi connectivity index (χ1n) is 12.3. The van der Waals surface area contributed by atoms with Gasteiger partial charge in [-0.25, -0.2) is 4.79 Å². The van der Waals surface area contributed by atoms with Gasteiger partial charge in [-0.15, -0.1) is 0 Å². The smallest absolute Gasteiger partial charge is 0.342 e. The zero-order valence-corrected chi connectivity index (χ0v) is 20.4. The van der Waals surface area contributed by atoms with Crippen molar-refractivity contribution in [3.05, 3.63) is 29.8 Å². The number of hydrogen-bond donors (Lipinski definition) is 2. The van der Waals surface area contributed by atoms with Gasteiger partial charge in [0.2, 0.25) is 0 Å². The van der Waals surface area contributed by atoms with Gasteiger partial charge in [0, 0.05) is 0 Å². The van der Waals surface area contributed by atoms with Gasteiger partial charge >= 0.3 is 5.97 Å². The number of para-hydroxylation sites is 1. The number of phenolic OH excluding ortho intramolecular Hbond substituents is 1. The molecule has 1 aromatic rings. The summed E-state index contributed by atoms with van der Waals surface area (Å²) >= 11 is 0. The fourth-order valence-electron chi connectivity index (χ4n) is 5.25. The first-order valence-corrected chi connectivity index (χ1v) is 12.3. The van der Waals surface area contributed by atoms with Crippen LogP contribution in [0.4, 0.5) is 0 Å². The fraction of sp³-hybridized carbons (Fsp3) is 0.741. The summed E-state index contributed by atoms with van der Waals surface area (Å²) in [5, 5.41) is 19.4. The molecule has 0 aromatic heterocycles. The van der Waals surface area contributed by atoms with Crippen LogP contribution in [-0.2, 0) is 4.74 Å². The number of aliphatic hydroxyl groups excluding tert-OH is 1. The second-order valence-corrected chi connectivity index (χ2v) is 10.7. The molecule has 0 aliphatic heterocycles. The summed E-state index contributed by atoms with van der Waals surface area (Å²) in [6, 6.07) is 6.56. The molecule has 1 aromatic carbocycles. The van der Waals surface area contributed by atoms with Crippen molar-refractivity contribution in [3.63, 3.8) is 0 Å². The Morgan fingerprint density at radius 1 is 0.903 bits per heavy atom. The zero-order chi connectivity index (χ0) is 23.1. The molecule has 31 heavy (non-hydrogen) atoms. The van der Waals surface area contributed by atoms with Crippen LogP contribution >= 0.6 is 0 Å². The van der Waals surface area contributed by atoms with E-state index in [1.807, 2.05) is 0 Å². The van der Waals surface area contributed by atoms with Gasteiger partial charge in [-0.05, 0) is 73.3 Å². The van der Waals surface area contributed by atoms with E-state index in [2.05, 4.69) is 41.5 Å². The molecule has 0 amide bonds. The molecule has 0 spiro atoms. The quantitative estimate of drug-likeness (QED) is 0.537. The predicted octanol–water partition coefficient (Wildman–Crippen LogP) is 6.45. The topological polar surface area (TPSA) is 66.8 Å². The lowest BCUT2D eigenvalue weighted by Crippen LogP contribution is -2.35. The van der Waals surface area contributed by atoms with E-state index in [0.29, 0.717) is 29.6 Å². The SMILES string of the molecule is CC1CCC(C(C)C)C(O)C1.CC1CCC(C(C)C)C(OC(=O)c2ccccc2O)C1. The molecule has 6 atom stereocenters. The molecule has 2 fully saturated rings. The number of rotatable bonds is 4. The molecular formula is C27H44O4. The van der Waals surface area contributed by atoms with Gasteiger partial charge in [0.25, 0.3) is 0 Å². The van der Waals surface area contributed by atoms with Gasteiger partial charge in [-0.2, -0.15) is 0 Å². The second-order valence-electron chi connectivity index (χ2n) is 10.7. The van der Waals surface area contributed by atoms with Gasteiger partial charge in [0.05, 0.1) is 6.10 Å². The van der Waals surface area contributed by atoms with Gasteiger partial charge < -0.3 is 14.9 Å². The monoisotopic (exact) mass is 432 g/mol. The third-order valence-corrected chi connectivity index (χ3v) is 7.33. The van der Waals surface area contributed by atoms with E-state index in [1.54, 1.807) is 18.2 Å². The molecule has 0 bridgehead atoms. The number of aliphatic hydroxyl groups is 1. The number of ether oxygens (including phenoxy) is 1. The van der Waals surface area contributed by atoms with E-state index in [-0.39, 0.29) is 23.5 Å². The van der Waals surface area contributed by atoms with Crippen LogP contribution in [0.3, 0.4) is 0 Å². The maximum absolute atomic E-state index is 12.2. The Morgan fingerprint density at radius 2 is 1.45 bits per heavy atom. The van der Waals surface area contributed by atoms with Crippen LogP contribution in [-0.4, -0.2) is 28.4 Å². The average Bonchev–Trinajstić information content (AvgIpc) is 2.68. The van der Waals surface area contributed by atoms with Crippen molar-refractivity contribution < 1.29 is 19.7 Å². The molecule has 176 valence electrons. The molecule has 2 aliphatic rings. The van der Waals surface area contributed by atoms with Gasteiger partial charge in [-0.1, -0.05) is 66.5 Å². The highest BCUT2D eigenvalue weighted by atomic mass is 16.5. The Bertz CT molecular complexity index is 684. The second kappa shape index (κ2) is 11.9. The standard InChI is InChI=1S/C17H24O3.C10H20O/c1-11(2)13-9-8-12(3)10-16(13)20-17(19)14-6-4-5-7-15(14)18;1-7(2)9-5-4-8(3)6-10(9)11/h4-7,11-13,16,18H,8-10H2,1-3H3;7-11H,4-6H2,1-3H3. The minimum absolute atomic E-state index is 0.0116. The summed E-state index contributed by atoms with van der Waals surface area (Å²) in [5.41, 5.74) is 0.258. The maximum atomic E-state index is 12.2. The number of carbonyl (C=O) groups is 1. The summed E-state index contributed by atoms with van der Waals surface area (Å²) in [6.45, 7) is 13.2. The van der Waals surface area contributed by atoms with Crippen molar-refractivity contribution in [2.75, 3.05) is 0 Å². The van der Waals surface area contributed by atoms with Crippen LogP contribution in [0.5, 0.6) is 5.75 Å². The highest BCUT2D eigenvalue weighted by molar-refractivity contribution is 5.92. The molecule has 0 radical (unpaired) electrons. The van der Waals surface area contributed by atoms with Gasteiger partial charge in [0.15, 0.2) is 0 Å². The number of hydrogen-bond acceptors (Lipinski definition) is 4. The van der Waals surface area contributed by atoms with Gasteiger partial charge in [-0.3, -0.25) is 0 Å².